The summed E-state index contributed by atoms with van der Waals surface area (Å²) in [4.78, 5) is 0. The molecule has 1 aliphatic heterocycles. The molecule has 1 N–H and O–H groups in total. The zero-order chi connectivity index (χ0) is 14.8. The van der Waals surface area contributed by atoms with Crippen molar-refractivity contribution in [1.82, 2.24) is 0 Å². The third-order valence-electron chi connectivity index (χ3n) is 3.50. The summed E-state index contributed by atoms with van der Waals surface area (Å²) in [5, 5.41) is 3.57. The molecule has 2 aromatic rings. The van der Waals surface area contributed by atoms with E-state index in [-0.39, 0.29) is 6.04 Å². The zero-order valence-electron chi connectivity index (χ0n) is 11.5. The molecule has 0 radical (unpaired) electrons. The van der Waals surface area contributed by atoms with Gasteiger partial charge in [0.15, 0.2) is 0 Å². The molecule has 0 saturated carbocycles. The van der Waals surface area contributed by atoms with Crippen LogP contribution in [0, 0.1) is 0 Å². The molecule has 3 nitrogen and oxygen atoms in total. The molecule has 110 valence electrons. The van der Waals surface area contributed by atoms with Crippen LogP contribution in [0.2, 0.25) is 0 Å². The molecule has 0 aliphatic carbocycles. The quantitative estimate of drug-likeness (QED) is 0.755. The first-order valence-electron chi connectivity index (χ1n) is 6.69. The summed E-state index contributed by atoms with van der Waals surface area (Å²) < 4.78 is 13.2. The second-order valence-corrected chi connectivity index (χ2v) is 6.69. The van der Waals surface area contributed by atoms with Crippen LogP contribution in [0.3, 0.4) is 0 Å². The molecule has 0 saturated heterocycles. The minimum Gasteiger partial charge on any atom is -0.495 e. The van der Waals surface area contributed by atoms with Crippen molar-refractivity contribution < 1.29 is 9.47 Å². The molecule has 21 heavy (non-hydrogen) atoms. The Hall–Kier alpha value is -1.20. The number of benzene rings is 2. The number of hydrogen-bond donors (Lipinski definition) is 1. The van der Waals surface area contributed by atoms with Gasteiger partial charge in [-0.1, -0.05) is 31.9 Å². The maximum Gasteiger partial charge on any atom is 0.142 e. The minimum absolute atomic E-state index is 0.203. The highest BCUT2D eigenvalue weighted by molar-refractivity contribution is 9.10. The van der Waals surface area contributed by atoms with Gasteiger partial charge in [0, 0.05) is 20.9 Å². The molecule has 5 heteroatoms. The molecule has 0 aromatic heterocycles. The Labute approximate surface area is 140 Å². The zero-order valence-corrected chi connectivity index (χ0v) is 14.7. The molecule has 1 atom stereocenters. The topological polar surface area (TPSA) is 30.5 Å². The second kappa shape index (κ2) is 6.28. The van der Waals surface area contributed by atoms with Crippen molar-refractivity contribution in [1.29, 1.82) is 0 Å². The van der Waals surface area contributed by atoms with Crippen LogP contribution >= 0.6 is 31.9 Å². The first-order valence-corrected chi connectivity index (χ1v) is 8.28. The molecule has 2 aromatic carbocycles. The van der Waals surface area contributed by atoms with Crippen molar-refractivity contribution in [2.24, 2.45) is 0 Å². The highest BCUT2D eigenvalue weighted by Crippen LogP contribution is 2.38. The van der Waals surface area contributed by atoms with Gasteiger partial charge in [-0.05, 0) is 36.4 Å². The van der Waals surface area contributed by atoms with Crippen molar-refractivity contribution in [3.63, 3.8) is 0 Å². The van der Waals surface area contributed by atoms with Gasteiger partial charge >= 0.3 is 0 Å². The van der Waals surface area contributed by atoms with Crippen LogP contribution in [0.1, 0.15) is 18.0 Å². The van der Waals surface area contributed by atoms with Crippen molar-refractivity contribution in [3.8, 4) is 11.5 Å². The van der Waals surface area contributed by atoms with E-state index in [0.717, 1.165) is 38.1 Å². The fourth-order valence-corrected chi connectivity index (χ4v) is 3.24. The van der Waals surface area contributed by atoms with Gasteiger partial charge in [0.05, 0.1) is 25.4 Å². The Morgan fingerprint density at radius 2 is 1.90 bits per heavy atom. The minimum atomic E-state index is 0.203. The average molecular weight is 413 g/mol. The van der Waals surface area contributed by atoms with Crippen molar-refractivity contribution >= 4 is 37.5 Å². The Morgan fingerprint density at radius 3 is 2.71 bits per heavy atom. The number of anilines is 1. The Bertz CT molecular complexity index is 661. The average Bonchev–Trinajstić information content (AvgIpc) is 2.48. The lowest BCUT2D eigenvalue weighted by Crippen LogP contribution is -2.20. The smallest absolute Gasteiger partial charge is 0.142 e. The lowest BCUT2D eigenvalue weighted by atomic mass is 10.00. The SMILES string of the molecule is COc1ccc(Br)cc1NC1CCOc2ccc(Br)cc21. The van der Waals surface area contributed by atoms with Gasteiger partial charge in [-0.3, -0.25) is 0 Å². The number of fused-ring (bicyclic) bond motifs is 1. The van der Waals surface area contributed by atoms with Crippen molar-refractivity contribution in [3.05, 3.63) is 50.9 Å². The molecule has 0 bridgehead atoms. The standard InChI is InChI=1S/C16H15Br2NO2/c1-20-16-5-3-11(18)9-14(16)19-13-6-7-21-15-4-2-10(17)8-12(13)15/h2-5,8-9,13,19H,6-7H2,1H3. The number of hydrogen-bond acceptors (Lipinski definition) is 3. The van der Waals surface area contributed by atoms with Crippen molar-refractivity contribution in [2.75, 3.05) is 19.0 Å². The van der Waals surface area contributed by atoms with Gasteiger partial charge in [0.2, 0.25) is 0 Å². The second-order valence-electron chi connectivity index (χ2n) is 4.86. The highest BCUT2D eigenvalue weighted by atomic mass is 79.9. The molecule has 0 amide bonds. The Morgan fingerprint density at radius 1 is 1.14 bits per heavy atom. The maximum atomic E-state index is 5.73. The lowest BCUT2D eigenvalue weighted by Gasteiger charge is -2.28. The van der Waals surface area contributed by atoms with Gasteiger partial charge in [-0.2, -0.15) is 0 Å². The molecule has 1 heterocycles. The first kappa shape index (κ1) is 14.7. The van der Waals surface area contributed by atoms with E-state index in [4.69, 9.17) is 9.47 Å². The summed E-state index contributed by atoms with van der Waals surface area (Å²) >= 11 is 7.03. The third kappa shape index (κ3) is 3.19. The van der Waals surface area contributed by atoms with Gasteiger partial charge in [-0.15, -0.1) is 0 Å². The summed E-state index contributed by atoms with van der Waals surface area (Å²) in [5.41, 5.74) is 2.14. The van der Waals surface area contributed by atoms with E-state index in [0.29, 0.717) is 6.61 Å². The van der Waals surface area contributed by atoms with Crippen LogP contribution in [-0.2, 0) is 0 Å². The van der Waals surface area contributed by atoms with Crippen LogP contribution in [0.15, 0.2) is 45.3 Å². The van der Waals surface area contributed by atoms with Crippen LogP contribution < -0.4 is 14.8 Å². The monoisotopic (exact) mass is 411 g/mol. The predicted molar refractivity (Wildman–Crippen MR) is 91.3 cm³/mol. The van der Waals surface area contributed by atoms with Gasteiger partial charge in [0.1, 0.15) is 11.5 Å². The first-order chi connectivity index (χ1) is 10.2. The van der Waals surface area contributed by atoms with Gasteiger partial charge in [0.25, 0.3) is 0 Å². The summed E-state index contributed by atoms with van der Waals surface area (Å²) in [6, 6.07) is 12.3. The van der Waals surface area contributed by atoms with E-state index >= 15 is 0 Å². The molecule has 0 spiro atoms. The number of ether oxygens (including phenoxy) is 2. The summed E-state index contributed by atoms with van der Waals surface area (Å²) in [7, 11) is 1.68. The number of nitrogens with one attached hydrogen (secondary N) is 1. The normalized spacial score (nSPS) is 16.8. The summed E-state index contributed by atoms with van der Waals surface area (Å²) in [6.45, 7) is 0.711. The fraction of sp³-hybridized carbons (Fsp3) is 0.250. The largest absolute Gasteiger partial charge is 0.495 e. The van der Waals surface area contributed by atoms with Gasteiger partial charge in [-0.25, -0.2) is 0 Å². The van der Waals surface area contributed by atoms with Crippen LogP contribution in [0.5, 0.6) is 11.5 Å². The maximum absolute atomic E-state index is 5.73. The number of rotatable bonds is 3. The molecule has 0 fully saturated rings. The van der Waals surface area contributed by atoms with Crippen molar-refractivity contribution in [2.45, 2.75) is 12.5 Å². The lowest BCUT2D eigenvalue weighted by molar-refractivity contribution is 0.274. The van der Waals surface area contributed by atoms with E-state index < -0.39 is 0 Å². The molecule has 3 rings (SSSR count). The number of methoxy groups -OCH3 is 1. The molecule has 1 unspecified atom stereocenters. The Kier molecular flexibility index (Phi) is 4.40. The predicted octanol–water partition coefficient (Wildman–Crippen LogP) is 5.16. The highest BCUT2D eigenvalue weighted by Gasteiger charge is 2.22. The van der Waals surface area contributed by atoms with E-state index in [1.807, 2.05) is 30.3 Å². The molecular formula is C16H15Br2NO2. The Balaban J connectivity index is 1.93. The van der Waals surface area contributed by atoms with Crippen LogP contribution in [0.4, 0.5) is 5.69 Å². The number of halogens is 2. The van der Waals surface area contributed by atoms with Gasteiger partial charge < -0.3 is 14.8 Å². The summed E-state index contributed by atoms with van der Waals surface area (Å²) in [5.74, 6) is 1.78. The third-order valence-corrected chi connectivity index (χ3v) is 4.49. The van der Waals surface area contributed by atoms with E-state index in [1.165, 1.54) is 0 Å². The fourth-order valence-electron chi connectivity index (χ4n) is 2.50. The van der Waals surface area contributed by atoms with E-state index in [9.17, 15) is 0 Å². The van der Waals surface area contributed by atoms with E-state index in [2.05, 4.69) is 43.2 Å². The van der Waals surface area contributed by atoms with E-state index in [1.54, 1.807) is 7.11 Å². The molecular weight excluding hydrogens is 398 g/mol. The van der Waals surface area contributed by atoms with Crippen LogP contribution in [0.25, 0.3) is 0 Å². The van der Waals surface area contributed by atoms with Crippen LogP contribution in [-0.4, -0.2) is 13.7 Å². The summed E-state index contributed by atoms with van der Waals surface area (Å²) in [6.07, 6.45) is 0.916. The molecule has 1 aliphatic rings.